The molecule has 4 rings (SSSR count). The summed E-state index contributed by atoms with van der Waals surface area (Å²) in [6.07, 6.45) is 1.76. The van der Waals surface area contributed by atoms with E-state index in [-0.39, 0.29) is 12.3 Å². The predicted molar refractivity (Wildman–Crippen MR) is 137 cm³/mol. The second kappa shape index (κ2) is 10.6. The molecular weight excluding hydrogens is 548 g/mol. The van der Waals surface area contributed by atoms with Crippen LogP contribution in [0.4, 0.5) is 0 Å². The Hall–Kier alpha value is -3.29. The minimum Gasteiger partial charge on any atom is -0.423 e. The van der Waals surface area contributed by atoms with Gasteiger partial charge in [0.15, 0.2) is 0 Å². The van der Waals surface area contributed by atoms with Crippen molar-refractivity contribution in [2.45, 2.75) is 6.42 Å². The standard InChI is InChI=1S/C26H18Br2N2O3/c27-20-10-7-18(8-11-20)26(32)33-21-12-5-17(6-13-21)16-29-30-25(31)15-19-9-14-24(28)23-4-2-1-3-22(19)23/h1-14,16H,15H2,(H,30,31)/b29-16-. The van der Waals surface area contributed by atoms with Gasteiger partial charge in [0.25, 0.3) is 0 Å². The molecular formula is C26H18Br2N2O3. The third-order valence-corrected chi connectivity index (χ3v) is 6.11. The zero-order valence-corrected chi connectivity index (χ0v) is 20.5. The summed E-state index contributed by atoms with van der Waals surface area (Å²) >= 11 is 6.88. The van der Waals surface area contributed by atoms with Crippen LogP contribution < -0.4 is 10.2 Å². The molecule has 0 fully saturated rings. The van der Waals surface area contributed by atoms with E-state index in [1.165, 1.54) is 6.21 Å². The van der Waals surface area contributed by atoms with Gasteiger partial charge in [-0.15, -0.1) is 0 Å². The number of esters is 1. The van der Waals surface area contributed by atoms with E-state index < -0.39 is 5.97 Å². The molecule has 0 atom stereocenters. The molecule has 4 aromatic carbocycles. The number of rotatable bonds is 6. The van der Waals surface area contributed by atoms with Gasteiger partial charge in [-0.3, -0.25) is 4.79 Å². The van der Waals surface area contributed by atoms with Crippen LogP contribution in [-0.4, -0.2) is 18.1 Å². The Morgan fingerprint density at radius 1 is 0.848 bits per heavy atom. The second-order valence-corrected chi connectivity index (χ2v) is 8.96. The number of hydrogen-bond acceptors (Lipinski definition) is 4. The number of benzene rings is 4. The van der Waals surface area contributed by atoms with E-state index in [0.717, 1.165) is 30.8 Å². The van der Waals surface area contributed by atoms with Gasteiger partial charge in [-0.05, 0) is 76.5 Å². The van der Waals surface area contributed by atoms with Gasteiger partial charge in [-0.2, -0.15) is 5.10 Å². The lowest BCUT2D eigenvalue weighted by Crippen LogP contribution is -2.19. The predicted octanol–water partition coefficient (Wildman–Crippen LogP) is 6.28. The number of ether oxygens (including phenoxy) is 1. The van der Waals surface area contributed by atoms with E-state index in [2.05, 4.69) is 42.4 Å². The summed E-state index contributed by atoms with van der Waals surface area (Å²) < 4.78 is 7.26. The van der Waals surface area contributed by atoms with Crippen molar-refractivity contribution < 1.29 is 14.3 Å². The largest absolute Gasteiger partial charge is 0.423 e. The number of amides is 1. The summed E-state index contributed by atoms with van der Waals surface area (Å²) in [6.45, 7) is 0. The van der Waals surface area contributed by atoms with Gasteiger partial charge in [0.1, 0.15) is 5.75 Å². The van der Waals surface area contributed by atoms with E-state index in [1.54, 1.807) is 48.5 Å². The molecule has 0 heterocycles. The third-order valence-electron chi connectivity index (χ3n) is 4.89. The topological polar surface area (TPSA) is 67.8 Å². The van der Waals surface area contributed by atoms with Gasteiger partial charge < -0.3 is 4.74 Å². The number of nitrogens with zero attached hydrogens (tertiary/aromatic N) is 1. The highest BCUT2D eigenvalue weighted by molar-refractivity contribution is 9.11. The highest BCUT2D eigenvalue weighted by Crippen LogP contribution is 2.27. The zero-order chi connectivity index (χ0) is 23.2. The molecule has 0 radical (unpaired) electrons. The first-order chi connectivity index (χ1) is 16.0. The van der Waals surface area contributed by atoms with Gasteiger partial charge in [0, 0.05) is 8.95 Å². The third kappa shape index (κ3) is 5.94. The Kier molecular flexibility index (Phi) is 7.32. The summed E-state index contributed by atoms with van der Waals surface area (Å²) in [5, 5.41) is 6.13. The molecule has 0 saturated carbocycles. The Morgan fingerprint density at radius 2 is 1.55 bits per heavy atom. The first kappa shape index (κ1) is 22.9. The van der Waals surface area contributed by atoms with Crippen molar-refractivity contribution in [3.05, 3.63) is 111 Å². The van der Waals surface area contributed by atoms with Crippen LogP contribution in [0.2, 0.25) is 0 Å². The molecule has 0 unspecified atom stereocenters. The maximum atomic E-state index is 12.4. The SMILES string of the molecule is O=C(Cc1ccc(Br)c2ccccc12)N/N=C\c1ccc(OC(=O)c2ccc(Br)cc2)cc1. The molecule has 0 aliphatic heterocycles. The van der Waals surface area contributed by atoms with Gasteiger partial charge >= 0.3 is 5.97 Å². The maximum absolute atomic E-state index is 12.4. The lowest BCUT2D eigenvalue weighted by Gasteiger charge is -2.07. The molecule has 0 spiro atoms. The molecule has 4 aromatic rings. The molecule has 5 nitrogen and oxygen atoms in total. The molecule has 0 aliphatic carbocycles. The number of fused-ring (bicyclic) bond motifs is 1. The van der Waals surface area contributed by atoms with Crippen LogP contribution in [0.1, 0.15) is 21.5 Å². The first-order valence-electron chi connectivity index (χ1n) is 10.1. The van der Waals surface area contributed by atoms with Gasteiger partial charge in [-0.1, -0.05) is 62.2 Å². The van der Waals surface area contributed by atoms with Gasteiger partial charge in [0.2, 0.25) is 5.91 Å². The van der Waals surface area contributed by atoms with Crippen molar-refractivity contribution in [3.63, 3.8) is 0 Å². The normalized spacial score (nSPS) is 11.0. The van der Waals surface area contributed by atoms with E-state index in [0.29, 0.717) is 11.3 Å². The van der Waals surface area contributed by atoms with Crippen LogP contribution in [0.15, 0.2) is 99.0 Å². The van der Waals surface area contributed by atoms with Gasteiger partial charge in [0.05, 0.1) is 18.2 Å². The fourth-order valence-corrected chi connectivity index (χ4v) is 3.99. The van der Waals surface area contributed by atoms with Crippen LogP contribution in [0.5, 0.6) is 5.75 Å². The number of carbonyl (C=O) groups is 2. The molecule has 0 bridgehead atoms. The minimum absolute atomic E-state index is 0.209. The molecule has 7 heteroatoms. The summed E-state index contributed by atoms with van der Waals surface area (Å²) in [5.41, 5.74) is 4.71. The second-order valence-electron chi connectivity index (χ2n) is 7.19. The number of hydrazone groups is 1. The summed E-state index contributed by atoms with van der Waals surface area (Å²) in [4.78, 5) is 24.6. The molecule has 1 amide bonds. The van der Waals surface area contributed by atoms with Crippen LogP contribution in [0.25, 0.3) is 10.8 Å². The average Bonchev–Trinajstić information content (AvgIpc) is 2.82. The summed E-state index contributed by atoms with van der Waals surface area (Å²) in [7, 11) is 0. The Balaban J connectivity index is 1.33. The van der Waals surface area contributed by atoms with Crippen molar-refractivity contribution in [1.82, 2.24) is 5.43 Å². The highest BCUT2D eigenvalue weighted by atomic mass is 79.9. The van der Waals surface area contributed by atoms with Gasteiger partial charge in [-0.25, -0.2) is 10.2 Å². The quantitative estimate of drug-likeness (QED) is 0.129. The van der Waals surface area contributed by atoms with E-state index in [1.807, 2.05) is 36.4 Å². The fraction of sp³-hybridized carbons (Fsp3) is 0.0385. The monoisotopic (exact) mass is 564 g/mol. The Bertz CT molecular complexity index is 1330. The molecule has 0 aromatic heterocycles. The Morgan fingerprint density at radius 3 is 2.27 bits per heavy atom. The van der Waals surface area contributed by atoms with E-state index in [4.69, 9.17) is 4.74 Å². The fourth-order valence-electron chi connectivity index (χ4n) is 3.24. The zero-order valence-electron chi connectivity index (χ0n) is 17.3. The average molecular weight is 566 g/mol. The number of carbonyl (C=O) groups excluding carboxylic acids is 2. The molecule has 33 heavy (non-hydrogen) atoms. The first-order valence-corrected chi connectivity index (χ1v) is 11.6. The lowest BCUT2D eigenvalue weighted by atomic mass is 10.0. The summed E-state index contributed by atoms with van der Waals surface area (Å²) in [6, 6.07) is 25.6. The number of nitrogens with one attached hydrogen (secondary N) is 1. The molecule has 164 valence electrons. The number of hydrogen-bond donors (Lipinski definition) is 1. The van der Waals surface area contributed by atoms with E-state index in [9.17, 15) is 9.59 Å². The van der Waals surface area contributed by atoms with Crippen molar-refractivity contribution in [3.8, 4) is 5.75 Å². The maximum Gasteiger partial charge on any atom is 0.343 e. The van der Waals surface area contributed by atoms with Crippen molar-refractivity contribution in [2.75, 3.05) is 0 Å². The van der Waals surface area contributed by atoms with Crippen molar-refractivity contribution in [2.24, 2.45) is 5.10 Å². The lowest BCUT2D eigenvalue weighted by molar-refractivity contribution is -0.120. The van der Waals surface area contributed by atoms with Crippen LogP contribution in [0, 0.1) is 0 Å². The highest BCUT2D eigenvalue weighted by Gasteiger charge is 2.09. The number of halogens is 2. The van der Waals surface area contributed by atoms with Crippen molar-refractivity contribution >= 4 is 60.7 Å². The molecule has 0 aliphatic rings. The Labute approximate surface area is 207 Å². The van der Waals surface area contributed by atoms with E-state index >= 15 is 0 Å². The minimum atomic E-state index is -0.434. The van der Waals surface area contributed by atoms with Crippen LogP contribution in [0.3, 0.4) is 0 Å². The molecule has 1 N–H and O–H groups in total. The summed E-state index contributed by atoms with van der Waals surface area (Å²) in [5.74, 6) is -0.221. The van der Waals surface area contributed by atoms with Crippen LogP contribution >= 0.6 is 31.9 Å². The molecule has 0 saturated heterocycles. The van der Waals surface area contributed by atoms with Crippen LogP contribution in [-0.2, 0) is 11.2 Å². The van der Waals surface area contributed by atoms with Crippen molar-refractivity contribution in [1.29, 1.82) is 0 Å². The smallest absolute Gasteiger partial charge is 0.343 e.